The normalized spacial score (nSPS) is 22.6. The van der Waals surface area contributed by atoms with E-state index in [1.54, 1.807) is 0 Å². The number of ether oxygens (including phenoxy) is 1. The first kappa shape index (κ1) is 11.5. The minimum atomic E-state index is -0.930. The maximum absolute atomic E-state index is 10.7. The Hall–Kier alpha value is -0.610. The molecule has 1 atom stereocenters. The second kappa shape index (κ2) is 3.51. The van der Waals surface area contributed by atoms with Crippen molar-refractivity contribution in [1.82, 2.24) is 0 Å². The van der Waals surface area contributed by atoms with Crippen LogP contribution >= 0.6 is 0 Å². The van der Waals surface area contributed by atoms with Crippen LogP contribution < -0.4 is 5.73 Å². The van der Waals surface area contributed by atoms with E-state index in [1.807, 2.05) is 0 Å². The van der Waals surface area contributed by atoms with Crippen molar-refractivity contribution in [2.75, 3.05) is 13.2 Å². The van der Waals surface area contributed by atoms with E-state index in [-0.39, 0.29) is 10.8 Å². The first-order valence-corrected chi connectivity index (χ1v) is 4.85. The number of aliphatic carboxylic acids is 1. The van der Waals surface area contributed by atoms with Crippen LogP contribution in [0.2, 0.25) is 0 Å². The molecule has 82 valence electrons. The number of hydrogen-bond donors (Lipinski definition) is 2. The average Bonchev–Trinajstić information content (AvgIpc) is 1.93. The Balaban J connectivity index is 2.68. The van der Waals surface area contributed by atoms with E-state index in [9.17, 15) is 4.79 Å². The Morgan fingerprint density at radius 3 is 2.29 bits per heavy atom. The molecule has 1 rings (SSSR count). The SMILES string of the molecule is CC(C)(C)C1(CC(N)C(=O)O)COC1. The van der Waals surface area contributed by atoms with Gasteiger partial charge in [-0.25, -0.2) is 0 Å². The lowest BCUT2D eigenvalue weighted by Crippen LogP contribution is -2.55. The number of nitrogens with two attached hydrogens (primary N) is 1. The molecule has 3 N–H and O–H groups in total. The Kier molecular flexibility index (Phi) is 2.88. The first-order chi connectivity index (χ1) is 6.28. The molecule has 1 fully saturated rings. The van der Waals surface area contributed by atoms with Crippen LogP contribution in [0.15, 0.2) is 0 Å². The minimum absolute atomic E-state index is 0.0400. The van der Waals surface area contributed by atoms with Gasteiger partial charge in [-0.2, -0.15) is 0 Å². The van der Waals surface area contributed by atoms with Crippen LogP contribution in [-0.4, -0.2) is 30.3 Å². The second-order valence-electron chi connectivity index (χ2n) is 5.17. The van der Waals surface area contributed by atoms with Crippen molar-refractivity contribution in [3.05, 3.63) is 0 Å². The van der Waals surface area contributed by atoms with Crippen LogP contribution in [0.5, 0.6) is 0 Å². The van der Waals surface area contributed by atoms with Gasteiger partial charge in [-0.1, -0.05) is 20.8 Å². The Labute approximate surface area is 84.4 Å². The van der Waals surface area contributed by atoms with E-state index < -0.39 is 12.0 Å². The van der Waals surface area contributed by atoms with E-state index in [2.05, 4.69) is 20.8 Å². The smallest absolute Gasteiger partial charge is 0.320 e. The maximum atomic E-state index is 10.7. The van der Waals surface area contributed by atoms with Crippen LogP contribution in [0.3, 0.4) is 0 Å². The van der Waals surface area contributed by atoms with Crippen molar-refractivity contribution in [2.24, 2.45) is 16.6 Å². The molecule has 0 aliphatic carbocycles. The van der Waals surface area contributed by atoms with Gasteiger partial charge in [0.1, 0.15) is 6.04 Å². The molecule has 0 aromatic rings. The average molecular weight is 201 g/mol. The van der Waals surface area contributed by atoms with E-state index in [0.29, 0.717) is 19.6 Å². The summed E-state index contributed by atoms with van der Waals surface area (Å²) in [5.74, 6) is -0.930. The van der Waals surface area contributed by atoms with E-state index >= 15 is 0 Å². The highest BCUT2D eigenvalue weighted by Gasteiger charge is 2.49. The zero-order valence-corrected chi connectivity index (χ0v) is 9.04. The lowest BCUT2D eigenvalue weighted by molar-refractivity contribution is -0.180. The van der Waals surface area contributed by atoms with Crippen molar-refractivity contribution in [1.29, 1.82) is 0 Å². The number of carboxylic acid groups (broad SMARTS) is 1. The summed E-state index contributed by atoms with van der Waals surface area (Å²) in [5, 5.41) is 8.76. The van der Waals surface area contributed by atoms with Crippen LogP contribution in [0.25, 0.3) is 0 Å². The van der Waals surface area contributed by atoms with Gasteiger partial charge >= 0.3 is 5.97 Å². The molecule has 1 aliphatic heterocycles. The second-order valence-corrected chi connectivity index (χ2v) is 5.17. The predicted molar refractivity (Wildman–Crippen MR) is 52.9 cm³/mol. The number of hydrogen-bond acceptors (Lipinski definition) is 3. The molecule has 4 nitrogen and oxygen atoms in total. The van der Waals surface area contributed by atoms with Crippen LogP contribution in [-0.2, 0) is 9.53 Å². The molecule has 0 amide bonds. The van der Waals surface area contributed by atoms with E-state index in [0.717, 1.165) is 0 Å². The number of carbonyl (C=O) groups is 1. The summed E-state index contributed by atoms with van der Waals surface area (Å²) in [6.07, 6.45) is 0.492. The fraction of sp³-hybridized carbons (Fsp3) is 0.900. The molecule has 0 bridgehead atoms. The molecule has 1 saturated heterocycles. The molecule has 0 aromatic heterocycles. The van der Waals surface area contributed by atoms with Crippen LogP contribution in [0.1, 0.15) is 27.2 Å². The molecule has 1 heterocycles. The summed E-state index contributed by atoms with van der Waals surface area (Å²) in [7, 11) is 0. The quantitative estimate of drug-likeness (QED) is 0.710. The van der Waals surface area contributed by atoms with Crippen LogP contribution in [0, 0.1) is 10.8 Å². The molecule has 1 aliphatic rings. The standard InChI is InChI=1S/C10H19NO3/c1-9(2,3)10(5-14-6-10)4-7(11)8(12)13/h7H,4-6,11H2,1-3H3,(H,12,13). The van der Waals surface area contributed by atoms with E-state index in [1.165, 1.54) is 0 Å². The highest BCUT2D eigenvalue weighted by atomic mass is 16.5. The molecule has 14 heavy (non-hydrogen) atoms. The number of rotatable bonds is 3. The van der Waals surface area contributed by atoms with Crippen molar-refractivity contribution < 1.29 is 14.6 Å². The maximum Gasteiger partial charge on any atom is 0.320 e. The highest BCUT2D eigenvalue weighted by molar-refractivity contribution is 5.73. The fourth-order valence-corrected chi connectivity index (χ4v) is 1.71. The summed E-state index contributed by atoms with van der Waals surface area (Å²) in [6, 6.07) is -0.780. The van der Waals surface area contributed by atoms with Gasteiger partial charge in [0.15, 0.2) is 0 Å². The van der Waals surface area contributed by atoms with Crippen LogP contribution in [0.4, 0.5) is 0 Å². The lowest BCUT2D eigenvalue weighted by Gasteiger charge is -2.51. The third-order valence-electron chi connectivity index (χ3n) is 3.28. The third-order valence-corrected chi connectivity index (χ3v) is 3.28. The van der Waals surface area contributed by atoms with Gasteiger partial charge in [0, 0.05) is 5.41 Å². The molecule has 0 aromatic carbocycles. The summed E-state index contributed by atoms with van der Waals surface area (Å²) >= 11 is 0. The Morgan fingerprint density at radius 1 is 1.57 bits per heavy atom. The van der Waals surface area contributed by atoms with Gasteiger partial charge < -0.3 is 15.6 Å². The predicted octanol–water partition coefficient (Wildman–Crippen LogP) is 0.851. The summed E-state index contributed by atoms with van der Waals surface area (Å²) in [4.78, 5) is 10.7. The zero-order valence-electron chi connectivity index (χ0n) is 9.04. The summed E-state index contributed by atoms with van der Waals surface area (Å²) in [5.41, 5.74) is 5.53. The lowest BCUT2D eigenvalue weighted by atomic mass is 9.62. The third kappa shape index (κ3) is 1.91. The molecule has 4 heteroatoms. The van der Waals surface area contributed by atoms with Crippen molar-refractivity contribution >= 4 is 5.97 Å². The minimum Gasteiger partial charge on any atom is -0.480 e. The monoisotopic (exact) mass is 201 g/mol. The highest BCUT2D eigenvalue weighted by Crippen LogP contribution is 2.47. The molecule has 0 spiro atoms. The first-order valence-electron chi connectivity index (χ1n) is 4.85. The van der Waals surface area contributed by atoms with Gasteiger partial charge in [0.05, 0.1) is 13.2 Å². The van der Waals surface area contributed by atoms with Gasteiger partial charge in [-0.05, 0) is 11.8 Å². The van der Waals surface area contributed by atoms with Gasteiger partial charge in [-0.3, -0.25) is 4.79 Å². The van der Waals surface area contributed by atoms with Crippen molar-refractivity contribution in [3.8, 4) is 0 Å². The van der Waals surface area contributed by atoms with Gasteiger partial charge in [0.25, 0.3) is 0 Å². The van der Waals surface area contributed by atoms with Crippen molar-refractivity contribution in [2.45, 2.75) is 33.2 Å². The summed E-state index contributed by atoms with van der Waals surface area (Å²) in [6.45, 7) is 7.55. The number of carboxylic acids is 1. The Morgan fingerprint density at radius 2 is 2.07 bits per heavy atom. The molecule has 0 saturated carbocycles. The Bertz CT molecular complexity index is 228. The summed E-state index contributed by atoms with van der Waals surface area (Å²) < 4.78 is 5.20. The fourth-order valence-electron chi connectivity index (χ4n) is 1.71. The molecular formula is C10H19NO3. The molecular weight excluding hydrogens is 182 g/mol. The van der Waals surface area contributed by atoms with Crippen molar-refractivity contribution in [3.63, 3.8) is 0 Å². The molecule has 1 unspecified atom stereocenters. The largest absolute Gasteiger partial charge is 0.480 e. The zero-order chi connectivity index (χ0) is 11.0. The topological polar surface area (TPSA) is 72.6 Å². The van der Waals surface area contributed by atoms with E-state index in [4.69, 9.17) is 15.6 Å². The van der Waals surface area contributed by atoms with Gasteiger partial charge in [-0.15, -0.1) is 0 Å². The molecule has 0 radical (unpaired) electrons. The van der Waals surface area contributed by atoms with Gasteiger partial charge in [0.2, 0.25) is 0 Å².